The van der Waals surface area contributed by atoms with Crippen molar-refractivity contribution in [2.75, 3.05) is 38.7 Å². The van der Waals surface area contributed by atoms with E-state index in [0.29, 0.717) is 19.8 Å². The molecule has 196 valence electrons. The van der Waals surface area contributed by atoms with Crippen molar-refractivity contribution in [3.63, 3.8) is 0 Å². The zero-order valence-electron chi connectivity index (χ0n) is 19.4. The summed E-state index contributed by atoms with van der Waals surface area (Å²) in [4.78, 5) is 13.8. The lowest BCUT2D eigenvalue weighted by Crippen LogP contribution is -2.61. The third-order valence-corrected chi connectivity index (χ3v) is 6.72. The van der Waals surface area contributed by atoms with E-state index in [1.807, 2.05) is 0 Å². The Hall–Kier alpha value is -3.59. The fourth-order valence-corrected chi connectivity index (χ4v) is 4.73. The van der Waals surface area contributed by atoms with Crippen LogP contribution in [0.4, 0.5) is 27.9 Å². The van der Waals surface area contributed by atoms with Crippen molar-refractivity contribution in [3.05, 3.63) is 36.3 Å². The van der Waals surface area contributed by atoms with E-state index in [1.54, 1.807) is 4.90 Å². The fourth-order valence-electron chi connectivity index (χ4n) is 4.73. The van der Waals surface area contributed by atoms with Gasteiger partial charge in [-0.25, -0.2) is 36.4 Å². The lowest BCUT2D eigenvalue weighted by atomic mass is 9.98. The molecule has 0 unspecified atom stereocenters. The van der Waals surface area contributed by atoms with E-state index in [0.717, 1.165) is 21.3 Å². The highest BCUT2D eigenvalue weighted by Gasteiger charge is 2.47. The molecule has 2 fully saturated rings. The van der Waals surface area contributed by atoms with Gasteiger partial charge in [0.2, 0.25) is 17.6 Å². The van der Waals surface area contributed by atoms with Crippen LogP contribution in [0.2, 0.25) is 0 Å². The molecule has 2 aliphatic heterocycles. The van der Waals surface area contributed by atoms with Crippen LogP contribution >= 0.6 is 0 Å². The topological polar surface area (TPSA) is 94.1 Å². The Morgan fingerprint density at radius 1 is 1.19 bits per heavy atom. The van der Waals surface area contributed by atoms with Crippen LogP contribution in [0.5, 0.6) is 5.88 Å². The van der Waals surface area contributed by atoms with Crippen molar-refractivity contribution in [1.29, 1.82) is 0 Å². The smallest absolute Gasteiger partial charge is 0.280 e. The van der Waals surface area contributed by atoms with Crippen LogP contribution in [0.25, 0.3) is 22.4 Å². The predicted molar refractivity (Wildman–Crippen MR) is 120 cm³/mol. The lowest BCUT2D eigenvalue weighted by Gasteiger charge is -2.44. The second-order valence-corrected chi connectivity index (χ2v) is 8.99. The first-order valence-electron chi connectivity index (χ1n) is 11.5. The highest BCUT2D eigenvalue weighted by atomic mass is 19.3. The van der Waals surface area contributed by atoms with E-state index >= 15 is 4.39 Å². The Kier molecular flexibility index (Phi) is 5.63. The zero-order valence-corrected chi connectivity index (χ0v) is 19.4. The highest BCUT2D eigenvalue weighted by molar-refractivity contribution is 5.84. The number of alkyl halides is 4. The molecule has 0 saturated carbocycles. The molecule has 0 aromatic carbocycles. The molecule has 4 aromatic heterocycles. The predicted octanol–water partition coefficient (Wildman–Crippen LogP) is 3.04. The number of nitrogens with one attached hydrogen (secondary N) is 1. The van der Waals surface area contributed by atoms with Gasteiger partial charge in [0.15, 0.2) is 5.82 Å². The number of hydrogen-bond acceptors (Lipinski definition) is 8. The molecule has 4 aromatic rings. The SMILES string of the molecule is COc1nc(N[C@@H]2CCN(C3COC3)CC2(F)F)nn2cc(F)c(-c3cnc4ncc(C(F)F)n4c3)c12. The van der Waals surface area contributed by atoms with E-state index in [1.165, 1.54) is 19.5 Å². The Labute approximate surface area is 206 Å². The summed E-state index contributed by atoms with van der Waals surface area (Å²) in [6, 6.07) is -1.25. The Morgan fingerprint density at radius 2 is 1.97 bits per heavy atom. The van der Waals surface area contributed by atoms with Gasteiger partial charge < -0.3 is 14.8 Å². The summed E-state index contributed by atoms with van der Waals surface area (Å²) in [5.41, 5.74) is -0.223. The van der Waals surface area contributed by atoms with Gasteiger partial charge in [0.05, 0.1) is 56.9 Å². The first kappa shape index (κ1) is 23.8. The van der Waals surface area contributed by atoms with Crippen LogP contribution in [0.3, 0.4) is 0 Å². The van der Waals surface area contributed by atoms with E-state index in [-0.39, 0.29) is 46.7 Å². The van der Waals surface area contributed by atoms with Gasteiger partial charge in [-0.05, 0) is 6.42 Å². The van der Waals surface area contributed by atoms with Gasteiger partial charge in [-0.15, -0.1) is 5.10 Å². The van der Waals surface area contributed by atoms with E-state index in [4.69, 9.17) is 9.47 Å². The lowest BCUT2D eigenvalue weighted by molar-refractivity contribution is -0.131. The van der Waals surface area contributed by atoms with Crippen molar-refractivity contribution in [3.8, 4) is 17.0 Å². The average molecular weight is 524 g/mol. The third-order valence-electron chi connectivity index (χ3n) is 6.72. The van der Waals surface area contributed by atoms with Crippen molar-refractivity contribution >= 4 is 17.2 Å². The molecule has 15 heteroatoms. The molecule has 6 rings (SSSR count). The minimum atomic E-state index is -3.07. The molecule has 2 aliphatic rings. The molecule has 10 nitrogen and oxygen atoms in total. The van der Waals surface area contributed by atoms with Crippen molar-refractivity contribution in [2.24, 2.45) is 0 Å². The first-order chi connectivity index (χ1) is 17.7. The van der Waals surface area contributed by atoms with Crippen LogP contribution in [0, 0.1) is 5.82 Å². The van der Waals surface area contributed by atoms with E-state index in [2.05, 4.69) is 25.4 Å². The molecular formula is C22H21F5N8O2. The molecule has 0 spiro atoms. The molecule has 6 heterocycles. The minimum absolute atomic E-state index is 0.00593. The number of halogens is 5. The van der Waals surface area contributed by atoms with Gasteiger partial charge in [0, 0.05) is 24.5 Å². The molecule has 0 bridgehead atoms. The maximum Gasteiger partial charge on any atom is 0.280 e. The monoisotopic (exact) mass is 524 g/mol. The van der Waals surface area contributed by atoms with Gasteiger partial charge in [-0.3, -0.25) is 9.30 Å². The Balaban J connectivity index is 1.34. The van der Waals surface area contributed by atoms with Gasteiger partial charge >= 0.3 is 0 Å². The molecule has 37 heavy (non-hydrogen) atoms. The standard InChI is InChI=1S/C22H21F5N8O2/c1-36-19-17-16(11-4-28-21-29-5-14(18(24)25)34(21)6-11)13(23)7-35(17)32-20(31-19)30-15-2-3-33(10-22(15,26)27)12-8-37-9-12/h4-7,12,15,18H,2-3,8-10H2,1H3,(H,30,32)/t15-/m1/s1. The van der Waals surface area contributed by atoms with Crippen LogP contribution in [0.1, 0.15) is 18.5 Å². The minimum Gasteiger partial charge on any atom is -0.479 e. The van der Waals surface area contributed by atoms with Crippen molar-refractivity contribution in [1.82, 2.24) is 33.9 Å². The number of hydrogen-bond donors (Lipinski definition) is 1. The highest BCUT2D eigenvalue weighted by Crippen LogP contribution is 2.36. The van der Waals surface area contributed by atoms with Gasteiger partial charge in [-0.1, -0.05) is 0 Å². The maximum absolute atomic E-state index is 15.2. The second-order valence-electron chi connectivity index (χ2n) is 8.99. The molecule has 1 N–H and O–H groups in total. The molecule has 2 saturated heterocycles. The molecule has 1 atom stereocenters. The summed E-state index contributed by atoms with van der Waals surface area (Å²) in [5, 5.41) is 6.86. The molecular weight excluding hydrogens is 503 g/mol. The summed E-state index contributed by atoms with van der Waals surface area (Å²) in [7, 11) is 1.29. The van der Waals surface area contributed by atoms with E-state index < -0.39 is 36.4 Å². The number of aromatic nitrogens is 6. The third kappa shape index (κ3) is 4.01. The maximum atomic E-state index is 15.2. The number of imidazole rings is 1. The number of nitrogens with zero attached hydrogens (tertiary/aromatic N) is 7. The summed E-state index contributed by atoms with van der Waals surface area (Å²) >= 11 is 0. The van der Waals surface area contributed by atoms with Crippen LogP contribution < -0.4 is 10.1 Å². The fraction of sp³-hybridized carbons (Fsp3) is 0.455. The number of anilines is 1. The first-order valence-corrected chi connectivity index (χ1v) is 11.5. The molecule has 0 amide bonds. The second kappa shape index (κ2) is 8.76. The number of ether oxygens (including phenoxy) is 2. The normalized spacial score (nSPS) is 20.6. The summed E-state index contributed by atoms with van der Waals surface area (Å²) < 4.78 is 84.4. The van der Waals surface area contributed by atoms with Gasteiger partial charge in [0.1, 0.15) is 11.2 Å². The van der Waals surface area contributed by atoms with Crippen LogP contribution in [-0.2, 0) is 4.74 Å². The number of rotatable bonds is 6. The quantitative estimate of drug-likeness (QED) is 0.385. The molecule has 0 aliphatic carbocycles. The number of likely N-dealkylation sites (tertiary alicyclic amines) is 1. The Morgan fingerprint density at radius 3 is 2.65 bits per heavy atom. The number of piperidine rings is 1. The van der Waals surface area contributed by atoms with E-state index in [9.17, 15) is 17.6 Å². The van der Waals surface area contributed by atoms with Crippen molar-refractivity contribution in [2.45, 2.75) is 30.9 Å². The summed E-state index contributed by atoms with van der Waals surface area (Å²) in [6.07, 6.45) is 1.91. The largest absolute Gasteiger partial charge is 0.479 e. The Bertz CT molecular complexity index is 1470. The van der Waals surface area contributed by atoms with Crippen LogP contribution in [0.15, 0.2) is 24.8 Å². The summed E-state index contributed by atoms with van der Waals surface area (Å²) in [5.74, 6) is -4.07. The van der Waals surface area contributed by atoms with Gasteiger partial charge in [-0.2, -0.15) is 4.98 Å². The molecule has 0 radical (unpaired) electrons. The van der Waals surface area contributed by atoms with Crippen LogP contribution in [-0.4, -0.2) is 85.3 Å². The summed E-state index contributed by atoms with van der Waals surface area (Å²) in [6.45, 7) is 0.914. The van der Waals surface area contributed by atoms with Gasteiger partial charge in [0.25, 0.3) is 12.3 Å². The zero-order chi connectivity index (χ0) is 25.9. The average Bonchev–Trinajstić information content (AvgIpc) is 3.38. The van der Waals surface area contributed by atoms with Crippen molar-refractivity contribution < 1.29 is 31.4 Å². The number of methoxy groups -OCH3 is 1. The number of fused-ring (bicyclic) bond motifs is 2.